The van der Waals surface area contributed by atoms with Crippen molar-refractivity contribution >= 4 is 11.8 Å². The molecular formula is C14H24N2O2. The van der Waals surface area contributed by atoms with Crippen LogP contribution in [0.3, 0.4) is 0 Å². The van der Waals surface area contributed by atoms with Gasteiger partial charge in [-0.05, 0) is 25.7 Å². The lowest BCUT2D eigenvalue weighted by atomic mass is 9.80. The number of hydrogen-bond acceptors (Lipinski definition) is 3. The topological polar surface area (TPSA) is 63.4 Å². The van der Waals surface area contributed by atoms with Gasteiger partial charge in [-0.3, -0.25) is 14.5 Å². The number of likely N-dealkylation sites (tertiary alicyclic amines) is 1. The van der Waals surface area contributed by atoms with Gasteiger partial charge in [-0.1, -0.05) is 26.7 Å². The Labute approximate surface area is 109 Å². The molecule has 0 aromatic carbocycles. The van der Waals surface area contributed by atoms with Crippen LogP contribution in [0.4, 0.5) is 0 Å². The Bertz CT molecular complexity index is 350. The highest BCUT2D eigenvalue weighted by Crippen LogP contribution is 2.41. The summed E-state index contributed by atoms with van der Waals surface area (Å²) in [6.45, 7) is 4.00. The Kier molecular flexibility index (Phi) is 3.76. The number of amides is 2. The smallest absolute Gasteiger partial charge is 0.236 e. The molecule has 1 saturated heterocycles. The van der Waals surface area contributed by atoms with E-state index in [2.05, 4.69) is 0 Å². The first-order valence-corrected chi connectivity index (χ1v) is 7.18. The average Bonchev–Trinajstić information content (AvgIpc) is 2.62. The number of rotatable bonds is 3. The van der Waals surface area contributed by atoms with Crippen molar-refractivity contribution in [2.45, 2.75) is 70.9 Å². The summed E-state index contributed by atoms with van der Waals surface area (Å²) in [5.41, 5.74) is 5.66. The molecule has 4 nitrogen and oxygen atoms in total. The van der Waals surface area contributed by atoms with E-state index in [-0.39, 0.29) is 23.9 Å². The van der Waals surface area contributed by atoms with Crippen LogP contribution in [0.2, 0.25) is 0 Å². The van der Waals surface area contributed by atoms with Crippen molar-refractivity contribution in [3.8, 4) is 0 Å². The lowest BCUT2D eigenvalue weighted by Gasteiger charge is -2.36. The van der Waals surface area contributed by atoms with Crippen LogP contribution in [0.5, 0.6) is 0 Å². The summed E-state index contributed by atoms with van der Waals surface area (Å²) in [4.78, 5) is 26.3. The third kappa shape index (κ3) is 1.96. The second-order valence-corrected chi connectivity index (χ2v) is 5.75. The number of imide groups is 1. The van der Waals surface area contributed by atoms with Crippen molar-refractivity contribution in [2.24, 2.45) is 11.1 Å². The normalized spacial score (nSPS) is 32.1. The first kappa shape index (κ1) is 13.5. The van der Waals surface area contributed by atoms with Gasteiger partial charge >= 0.3 is 0 Å². The molecule has 1 heterocycles. The Morgan fingerprint density at radius 1 is 1.22 bits per heavy atom. The molecule has 18 heavy (non-hydrogen) atoms. The van der Waals surface area contributed by atoms with E-state index in [4.69, 9.17) is 5.73 Å². The van der Waals surface area contributed by atoms with Gasteiger partial charge in [-0.25, -0.2) is 0 Å². The zero-order chi connectivity index (χ0) is 13.3. The van der Waals surface area contributed by atoms with Crippen molar-refractivity contribution in [2.75, 3.05) is 0 Å². The fourth-order valence-electron chi connectivity index (χ4n) is 3.42. The highest BCUT2D eigenvalue weighted by Gasteiger charge is 2.52. The summed E-state index contributed by atoms with van der Waals surface area (Å²) in [5, 5.41) is 0. The van der Waals surface area contributed by atoms with Crippen molar-refractivity contribution < 1.29 is 9.59 Å². The summed E-state index contributed by atoms with van der Waals surface area (Å²) >= 11 is 0. The van der Waals surface area contributed by atoms with E-state index in [0.717, 1.165) is 38.5 Å². The van der Waals surface area contributed by atoms with Gasteiger partial charge in [-0.2, -0.15) is 0 Å². The molecule has 4 heteroatoms. The van der Waals surface area contributed by atoms with Crippen LogP contribution in [0.1, 0.15) is 58.8 Å². The molecule has 2 N–H and O–H groups in total. The van der Waals surface area contributed by atoms with Gasteiger partial charge in [0.25, 0.3) is 0 Å². The molecule has 1 aliphatic heterocycles. The summed E-state index contributed by atoms with van der Waals surface area (Å²) < 4.78 is 0. The molecule has 2 amide bonds. The molecule has 0 radical (unpaired) electrons. The molecule has 0 bridgehead atoms. The summed E-state index contributed by atoms with van der Waals surface area (Å²) in [6, 6.07) is -0.0881. The van der Waals surface area contributed by atoms with E-state index in [0.29, 0.717) is 6.42 Å². The fraction of sp³-hybridized carbons (Fsp3) is 0.857. The van der Waals surface area contributed by atoms with E-state index < -0.39 is 5.41 Å². The third-order valence-electron chi connectivity index (χ3n) is 4.90. The fourth-order valence-corrected chi connectivity index (χ4v) is 3.42. The molecule has 1 saturated carbocycles. The second kappa shape index (κ2) is 5.00. The predicted octanol–water partition coefficient (Wildman–Crippen LogP) is 1.82. The summed E-state index contributed by atoms with van der Waals surface area (Å²) in [7, 11) is 0. The molecule has 0 unspecified atom stereocenters. The first-order chi connectivity index (χ1) is 8.55. The largest absolute Gasteiger partial charge is 0.326 e. The maximum Gasteiger partial charge on any atom is 0.236 e. The third-order valence-corrected chi connectivity index (χ3v) is 4.90. The van der Waals surface area contributed by atoms with Gasteiger partial charge in [0, 0.05) is 12.5 Å². The molecular weight excluding hydrogens is 228 g/mol. The molecule has 2 atom stereocenters. The van der Waals surface area contributed by atoms with Crippen molar-refractivity contribution in [3.05, 3.63) is 0 Å². The van der Waals surface area contributed by atoms with Crippen LogP contribution in [-0.4, -0.2) is 28.8 Å². The molecule has 0 aromatic heterocycles. The monoisotopic (exact) mass is 252 g/mol. The minimum absolute atomic E-state index is 0.00829. The SMILES string of the molecule is CCC1(CC)CC(=O)N([C@@H]2CCCC[C@H]2N)C1=O. The van der Waals surface area contributed by atoms with Gasteiger partial charge in [0.2, 0.25) is 11.8 Å². The second-order valence-electron chi connectivity index (χ2n) is 5.75. The molecule has 2 aliphatic rings. The number of nitrogens with zero attached hydrogens (tertiary/aromatic N) is 1. The Balaban J connectivity index is 2.23. The molecule has 102 valence electrons. The van der Waals surface area contributed by atoms with Crippen LogP contribution in [-0.2, 0) is 9.59 Å². The van der Waals surface area contributed by atoms with E-state index in [1.807, 2.05) is 13.8 Å². The standard InChI is InChI=1S/C14H24N2O2/c1-3-14(4-2)9-12(17)16(13(14)18)11-8-6-5-7-10(11)15/h10-11H,3-9,15H2,1-2H3/t10-,11-/m1/s1. The maximum absolute atomic E-state index is 12.6. The molecule has 1 aliphatic carbocycles. The highest BCUT2D eigenvalue weighted by atomic mass is 16.2. The van der Waals surface area contributed by atoms with Gasteiger partial charge < -0.3 is 5.73 Å². The lowest BCUT2D eigenvalue weighted by molar-refractivity contribution is -0.145. The summed E-state index contributed by atoms with van der Waals surface area (Å²) in [6.07, 6.45) is 5.84. The minimum Gasteiger partial charge on any atom is -0.326 e. The minimum atomic E-state index is -0.450. The average molecular weight is 252 g/mol. The zero-order valence-corrected chi connectivity index (χ0v) is 11.4. The van der Waals surface area contributed by atoms with E-state index in [9.17, 15) is 9.59 Å². The van der Waals surface area contributed by atoms with Crippen molar-refractivity contribution in [3.63, 3.8) is 0 Å². The van der Waals surface area contributed by atoms with Gasteiger partial charge in [0.05, 0.1) is 11.5 Å². The Morgan fingerprint density at radius 2 is 1.83 bits per heavy atom. The van der Waals surface area contributed by atoms with Crippen LogP contribution >= 0.6 is 0 Å². The van der Waals surface area contributed by atoms with Crippen molar-refractivity contribution in [1.29, 1.82) is 0 Å². The molecule has 2 fully saturated rings. The summed E-state index contributed by atoms with van der Waals surface area (Å²) in [5.74, 6) is 0.0194. The maximum atomic E-state index is 12.6. The Morgan fingerprint density at radius 3 is 2.33 bits per heavy atom. The number of hydrogen-bond donors (Lipinski definition) is 1. The van der Waals surface area contributed by atoms with E-state index in [1.165, 1.54) is 4.90 Å². The van der Waals surface area contributed by atoms with Gasteiger partial charge in [0.1, 0.15) is 0 Å². The predicted molar refractivity (Wildman–Crippen MR) is 69.7 cm³/mol. The molecule has 0 spiro atoms. The highest BCUT2D eigenvalue weighted by molar-refractivity contribution is 6.06. The molecule has 2 rings (SSSR count). The quantitative estimate of drug-likeness (QED) is 0.779. The Hall–Kier alpha value is -0.900. The number of nitrogens with two attached hydrogens (primary N) is 1. The zero-order valence-electron chi connectivity index (χ0n) is 11.4. The van der Waals surface area contributed by atoms with Crippen molar-refractivity contribution in [1.82, 2.24) is 4.90 Å². The lowest BCUT2D eigenvalue weighted by Crippen LogP contribution is -2.52. The molecule has 0 aromatic rings. The van der Waals surface area contributed by atoms with Crippen LogP contribution < -0.4 is 5.73 Å². The van der Waals surface area contributed by atoms with E-state index >= 15 is 0 Å². The van der Waals surface area contributed by atoms with Crippen LogP contribution in [0, 0.1) is 5.41 Å². The van der Waals surface area contributed by atoms with Gasteiger partial charge in [0.15, 0.2) is 0 Å². The van der Waals surface area contributed by atoms with Crippen LogP contribution in [0.25, 0.3) is 0 Å². The number of carbonyl (C=O) groups excluding carboxylic acids is 2. The first-order valence-electron chi connectivity index (χ1n) is 7.18. The van der Waals surface area contributed by atoms with E-state index in [1.54, 1.807) is 0 Å². The van der Waals surface area contributed by atoms with Gasteiger partial charge in [-0.15, -0.1) is 0 Å². The number of carbonyl (C=O) groups is 2. The van der Waals surface area contributed by atoms with Crippen LogP contribution in [0.15, 0.2) is 0 Å².